The normalized spacial score (nSPS) is 15.1. The zero-order valence-corrected chi connectivity index (χ0v) is 15.8. The number of benzene rings is 2. The third-order valence-electron chi connectivity index (χ3n) is 5.11. The van der Waals surface area contributed by atoms with Gasteiger partial charge in [-0.15, -0.1) is 0 Å². The fourth-order valence-electron chi connectivity index (χ4n) is 3.48. The number of carbonyl (C=O) groups is 2. The molecule has 3 N–H and O–H groups in total. The van der Waals surface area contributed by atoms with Crippen LogP contribution in [0.4, 0.5) is 4.79 Å². The van der Waals surface area contributed by atoms with Crippen molar-refractivity contribution in [1.82, 2.24) is 16.0 Å². The van der Waals surface area contributed by atoms with Crippen molar-refractivity contribution in [2.45, 2.75) is 51.2 Å². The molecule has 0 spiro atoms. The van der Waals surface area contributed by atoms with Gasteiger partial charge in [0.05, 0.1) is 0 Å². The zero-order valence-electron chi connectivity index (χ0n) is 15.8. The monoisotopic (exact) mass is 365 g/mol. The fourth-order valence-corrected chi connectivity index (χ4v) is 3.48. The second-order valence-electron chi connectivity index (χ2n) is 7.25. The number of carbonyl (C=O) groups excluding carboxylic acids is 2. The van der Waals surface area contributed by atoms with Crippen molar-refractivity contribution in [3.05, 3.63) is 71.3 Å². The van der Waals surface area contributed by atoms with Gasteiger partial charge in [0.25, 0.3) is 0 Å². The first-order valence-corrected chi connectivity index (χ1v) is 9.51. The summed E-state index contributed by atoms with van der Waals surface area (Å²) in [6.45, 7) is 2.94. The van der Waals surface area contributed by atoms with Gasteiger partial charge >= 0.3 is 6.03 Å². The van der Waals surface area contributed by atoms with E-state index < -0.39 is 5.54 Å². The molecule has 0 bridgehead atoms. The maximum atomic E-state index is 12.9. The Labute approximate surface area is 160 Å². The topological polar surface area (TPSA) is 70.2 Å². The summed E-state index contributed by atoms with van der Waals surface area (Å²) in [7, 11) is 0. The lowest BCUT2D eigenvalue weighted by Crippen LogP contribution is -2.59. The van der Waals surface area contributed by atoms with E-state index in [-0.39, 0.29) is 11.9 Å². The summed E-state index contributed by atoms with van der Waals surface area (Å²) >= 11 is 0. The van der Waals surface area contributed by atoms with E-state index in [1.165, 1.54) is 5.56 Å². The molecule has 142 valence electrons. The highest BCUT2D eigenvalue weighted by Gasteiger charge is 2.42. The van der Waals surface area contributed by atoms with Crippen LogP contribution in [0.15, 0.2) is 54.6 Å². The first-order valence-electron chi connectivity index (χ1n) is 9.51. The van der Waals surface area contributed by atoms with E-state index in [0.29, 0.717) is 25.9 Å². The molecule has 0 atom stereocenters. The molecule has 1 saturated carbocycles. The van der Waals surface area contributed by atoms with E-state index >= 15 is 0 Å². The van der Waals surface area contributed by atoms with Crippen molar-refractivity contribution in [2.75, 3.05) is 0 Å². The minimum Gasteiger partial charge on any atom is -0.350 e. The number of amides is 3. The van der Waals surface area contributed by atoms with Gasteiger partial charge < -0.3 is 16.0 Å². The van der Waals surface area contributed by atoms with Crippen LogP contribution in [0.1, 0.15) is 42.4 Å². The number of urea groups is 1. The Morgan fingerprint density at radius 2 is 1.44 bits per heavy atom. The van der Waals surface area contributed by atoms with Gasteiger partial charge in [-0.1, -0.05) is 73.0 Å². The standard InChI is InChI=1S/C22H27N3O2/c1-17-9-11-19(12-10-17)15-23-20(26)22(13-5-6-14-22)25-21(27)24-16-18-7-3-2-4-8-18/h2-4,7-12H,5-6,13-16H2,1H3,(H,23,26)(H2,24,25,27). The third-order valence-corrected chi connectivity index (χ3v) is 5.11. The molecule has 0 aromatic heterocycles. The van der Waals surface area contributed by atoms with Crippen LogP contribution in [0.5, 0.6) is 0 Å². The molecule has 1 fully saturated rings. The molecule has 27 heavy (non-hydrogen) atoms. The molecule has 3 amide bonds. The van der Waals surface area contributed by atoms with E-state index in [4.69, 9.17) is 0 Å². The second kappa shape index (κ2) is 8.71. The average Bonchev–Trinajstić information content (AvgIpc) is 3.16. The highest BCUT2D eigenvalue weighted by atomic mass is 16.2. The van der Waals surface area contributed by atoms with Gasteiger partial charge in [-0.3, -0.25) is 4.79 Å². The lowest BCUT2D eigenvalue weighted by atomic mass is 9.96. The van der Waals surface area contributed by atoms with Crippen LogP contribution in [0.25, 0.3) is 0 Å². The Bertz CT molecular complexity index is 766. The summed E-state index contributed by atoms with van der Waals surface area (Å²) in [5, 5.41) is 8.80. The number of nitrogens with one attached hydrogen (secondary N) is 3. The molecule has 2 aromatic rings. The number of hydrogen-bond donors (Lipinski definition) is 3. The summed E-state index contributed by atoms with van der Waals surface area (Å²) in [6.07, 6.45) is 3.23. The van der Waals surface area contributed by atoms with Gasteiger partial charge in [0.1, 0.15) is 5.54 Å². The summed E-state index contributed by atoms with van der Waals surface area (Å²) in [4.78, 5) is 25.3. The predicted molar refractivity (Wildman–Crippen MR) is 106 cm³/mol. The van der Waals surface area contributed by atoms with Gasteiger partial charge in [0.15, 0.2) is 0 Å². The number of aryl methyl sites for hydroxylation is 1. The zero-order chi connectivity index (χ0) is 19.1. The van der Waals surface area contributed by atoms with E-state index in [0.717, 1.165) is 24.0 Å². The van der Waals surface area contributed by atoms with Crippen molar-refractivity contribution < 1.29 is 9.59 Å². The maximum absolute atomic E-state index is 12.9. The first kappa shape index (κ1) is 19.0. The Balaban J connectivity index is 1.56. The Hall–Kier alpha value is -2.82. The maximum Gasteiger partial charge on any atom is 0.315 e. The molecule has 1 aliphatic carbocycles. The molecule has 0 heterocycles. The van der Waals surface area contributed by atoms with Crippen LogP contribution in [0.2, 0.25) is 0 Å². The molecule has 0 aliphatic heterocycles. The Morgan fingerprint density at radius 3 is 2.11 bits per heavy atom. The van der Waals surface area contributed by atoms with Crippen molar-refractivity contribution in [1.29, 1.82) is 0 Å². The van der Waals surface area contributed by atoms with E-state index in [1.54, 1.807) is 0 Å². The Kier molecular flexibility index (Phi) is 6.12. The quantitative estimate of drug-likeness (QED) is 0.734. The summed E-state index contributed by atoms with van der Waals surface area (Å²) < 4.78 is 0. The Morgan fingerprint density at radius 1 is 0.852 bits per heavy atom. The van der Waals surface area contributed by atoms with Gasteiger partial charge in [0, 0.05) is 13.1 Å². The highest BCUT2D eigenvalue weighted by Crippen LogP contribution is 2.30. The lowest BCUT2D eigenvalue weighted by molar-refractivity contribution is -0.127. The van der Waals surface area contributed by atoms with Crippen molar-refractivity contribution in [3.8, 4) is 0 Å². The van der Waals surface area contributed by atoms with E-state index in [2.05, 4.69) is 16.0 Å². The molecule has 1 aliphatic rings. The van der Waals surface area contributed by atoms with Gasteiger partial charge in [0.2, 0.25) is 5.91 Å². The SMILES string of the molecule is Cc1ccc(CNC(=O)C2(NC(=O)NCc3ccccc3)CCCC2)cc1. The smallest absolute Gasteiger partial charge is 0.315 e. The second-order valence-corrected chi connectivity index (χ2v) is 7.25. The molecule has 5 heteroatoms. The molecule has 0 radical (unpaired) electrons. The van der Waals surface area contributed by atoms with Crippen LogP contribution in [0, 0.1) is 6.92 Å². The number of hydrogen-bond acceptors (Lipinski definition) is 2. The summed E-state index contributed by atoms with van der Waals surface area (Å²) in [5.74, 6) is -0.101. The van der Waals surface area contributed by atoms with Gasteiger partial charge in [-0.25, -0.2) is 4.79 Å². The molecular formula is C22H27N3O2. The molecule has 0 saturated heterocycles. The minimum absolute atomic E-state index is 0.101. The average molecular weight is 365 g/mol. The van der Waals surface area contributed by atoms with Crippen LogP contribution in [-0.2, 0) is 17.9 Å². The van der Waals surface area contributed by atoms with Gasteiger partial charge in [-0.2, -0.15) is 0 Å². The lowest BCUT2D eigenvalue weighted by Gasteiger charge is -2.29. The summed E-state index contributed by atoms with van der Waals surface area (Å²) in [6, 6.07) is 17.5. The van der Waals surface area contributed by atoms with Crippen molar-refractivity contribution in [3.63, 3.8) is 0 Å². The minimum atomic E-state index is -0.814. The highest BCUT2D eigenvalue weighted by molar-refractivity contribution is 5.91. The fraction of sp³-hybridized carbons (Fsp3) is 0.364. The van der Waals surface area contributed by atoms with Crippen LogP contribution < -0.4 is 16.0 Å². The van der Waals surface area contributed by atoms with Gasteiger partial charge in [-0.05, 0) is 30.9 Å². The molecular weight excluding hydrogens is 338 g/mol. The molecule has 0 unspecified atom stereocenters. The molecule has 3 rings (SSSR count). The first-order chi connectivity index (χ1) is 13.1. The van der Waals surface area contributed by atoms with E-state index in [9.17, 15) is 9.59 Å². The van der Waals surface area contributed by atoms with Crippen LogP contribution in [0.3, 0.4) is 0 Å². The third kappa shape index (κ3) is 5.09. The summed E-state index contributed by atoms with van der Waals surface area (Å²) in [5.41, 5.74) is 2.45. The molecule has 5 nitrogen and oxygen atoms in total. The van der Waals surface area contributed by atoms with Crippen molar-refractivity contribution >= 4 is 11.9 Å². The van der Waals surface area contributed by atoms with Crippen molar-refractivity contribution in [2.24, 2.45) is 0 Å². The van der Waals surface area contributed by atoms with E-state index in [1.807, 2.05) is 61.5 Å². The largest absolute Gasteiger partial charge is 0.350 e. The van der Waals surface area contributed by atoms with Crippen LogP contribution >= 0.6 is 0 Å². The predicted octanol–water partition coefficient (Wildman–Crippen LogP) is 3.42. The van der Waals surface area contributed by atoms with Crippen LogP contribution in [-0.4, -0.2) is 17.5 Å². The number of rotatable bonds is 6. The molecule has 2 aromatic carbocycles.